The van der Waals surface area contributed by atoms with Crippen molar-refractivity contribution in [2.24, 2.45) is 0 Å². The predicted molar refractivity (Wildman–Crippen MR) is 74.1 cm³/mol. The average molecular weight is 266 g/mol. The van der Waals surface area contributed by atoms with Crippen molar-refractivity contribution in [1.82, 2.24) is 10.6 Å². The molecule has 0 radical (unpaired) electrons. The number of ether oxygens (including phenoxy) is 1. The molecule has 0 saturated carbocycles. The van der Waals surface area contributed by atoms with E-state index >= 15 is 0 Å². The van der Waals surface area contributed by atoms with E-state index < -0.39 is 6.10 Å². The summed E-state index contributed by atoms with van der Waals surface area (Å²) in [5, 5.41) is 15.7. The Hall–Kier alpha value is -1.59. The monoisotopic (exact) mass is 266 g/mol. The highest BCUT2D eigenvalue weighted by molar-refractivity contribution is 5.78. The zero-order valence-corrected chi connectivity index (χ0v) is 11.6. The van der Waals surface area contributed by atoms with Gasteiger partial charge in [-0.2, -0.15) is 0 Å². The number of rotatable bonds is 7. The quantitative estimate of drug-likeness (QED) is 0.684. The van der Waals surface area contributed by atoms with E-state index in [0.29, 0.717) is 12.3 Å². The molecule has 3 N–H and O–H groups in total. The first-order valence-corrected chi connectivity index (χ1v) is 6.35. The van der Waals surface area contributed by atoms with E-state index in [0.717, 1.165) is 5.56 Å². The smallest absolute Gasteiger partial charge is 0.234 e. The summed E-state index contributed by atoms with van der Waals surface area (Å²) >= 11 is 0. The number of benzene rings is 1. The molecule has 0 fully saturated rings. The Morgan fingerprint density at radius 2 is 2.16 bits per heavy atom. The summed E-state index contributed by atoms with van der Waals surface area (Å²) < 4.78 is 5.10. The fourth-order valence-corrected chi connectivity index (χ4v) is 1.66. The molecular formula is C14H22N2O3. The van der Waals surface area contributed by atoms with Gasteiger partial charge in [0.15, 0.2) is 0 Å². The standard InChI is InChI=1S/C14H22N2O3/c1-10(2)16-14(18)9-15-8-13(17)11-5-4-6-12(7-11)19-3/h4-7,10,13,15,17H,8-9H2,1-3H3,(H,16,18). The lowest BCUT2D eigenvalue weighted by Gasteiger charge is -2.14. The molecule has 5 heteroatoms. The maximum atomic E-state index is 11.4. The highest BCUT2D eigenvalue weighted by Crippen LogP contribution is 2.18. The number of aliphatic hydroxyl groups excluding tert-OH is 1. The molecule has 1 rings (SSSR count). The van der Waals surface area contributed by atoms with Gasteiger partial charge >= 0.3 is 0 Å². The van der Waals surface area contributed by atoms with E-state index in [1.807, 2.05) is 32.0 Å². The number of amides is 1. The lowest BCUT2D eigenvalue weighted by atomic mass is 10.1. The molecule has 1 unspecified atom stereocenters. The topological polar surface area (TPSA) is 70.6 Å². The summed E-state index contributed by atoms with van der Waals surface area (Å²) in [4.78, 5) is 11.4. The second-order valence-electron chi connectivity index (χ2n) is 4.65. The van der Waals surface area contributed by atoms with Gasteiger partial charge in [0.25, 0.3) is 0 Å². The molecule has 0 aromatic heterocycles. The summed E-state index contributed by atoms with van der Waals surface area (Å²) in [7, 11) is 1.58. The SMILES string of the molecule is COc1cccc(C(O)CNCC(=O)NC(C)C)c1. The van der Waals surface area contributed by atoms with E-state index in [-0.39, 0.29) is 18.5 Å². The van der Waals surface area contributed by atoms with Gasteiger partial charge in [-0.25, -0.2) is 0 Å². The van der Waals surface area contributed by atoms with Gasteiger partial charge in [-0.05, 0) is 31.5 Å². The van der Waals surface area contributed by atoms with Crippen LogP contribution in [0.4, 0.5) is 0 Å². The molecule has 5 nitrogen and oxygen atoms in total. The molecule has 0 heterocycles. The van der Waals surface area contributed by atoms with Gasteiger partial charge in [-0.3, -0.25) is 4.79 Å². The molecule has 1 aromatic rings. The molecule has 0 aliphatic carbocycles. The lowest BCUT2D eigenvalue weighted by Crippen LogP contribution is -2.38. The zero-order valence-electron chi connectivity index (χ0n) is 11.6. The molecule has 1 atom stereocenters. The van der Waals surface area contributed by atoms with Gasteiger partial charge in [0.05, 0.1) is 19.8 Å². The van der Waals surface area contributed by atoms with Crippen LogP contribution in [0.3, 0.4) is 0 Å². The molecule has 1 amide bonds. The molecule has 0 aliphatic rings. The largest absolute Gasteiger partial charge is 0.497 e. The second kappa shape index (κ2) is 7.76. The number of aliphatic hydroxyl groups is 1. The zero-order chi connectivity index (χ0) is 14.3. The number of carbonyl (C=O) groups excluding carboxylic acids is 1. The van der Waals surface area contributed by atoms with Crippen LogP contribution >= 0.6 is 0 Å². The van der Waals surface area contributed by atoms with Crippen LogP contribution in [0.15, 0.2) is 24.3 Å². The number of hydrogen-bond donors (Lipinski definition) is 3. The van der Waals surface area contributed by atoms with E-state index in [4.69, 9.17) is 4.74 Å². The van der Waals surface area contributed by atoms with Gasteiger partial charge in [-0.15, -0.1) is 0 Å². The predicted octanol–water partition coefficient (Wildman–Crippen LogP) is 0.843. The van der Waals surface area contributed by atoms with Gasteiger partial charge < -0.3 is 20.5 Å². The van der Waals surface area contributed by atoms with Crippen molar-refractivity contribution < 1.29 is 14.6 Å². The Balaban J connectivity index is 2.38. The first-order valence-electron chi connectivity index (χ1n) is 6.35. The van der Waals surface area contributed by atoms with Crippen molar-refractivity contribution in [3.05, 3.63) is 29.8 Å². The third kappa shape index (κ3) is 5.72. The molecule has 1 aromatic carbocycles. The normalized spacial score (nSPS) is 12.3. The van der Waals surface area contributed by atoms with Gasteiger partial charge in [0, 0.05) is 12.6 Å². The maximum absolute atomic E-state index is 11.4. The summed E-state index contributed by atoms with van der Waals surface area (Å²) in [5.74, 6) is 0.627. The van der Waals surface area contributed by atoms with E-state index in [9.17, 15) is 9.90 Å². The van der Waals surface area contributed by atoms with Crippen LogP contribution in [-0.2, 0) is 4.79 Å². The van der Waals surface area contributed by atoms with Crippen LogP contribution in [0.25, 0.3) is 0 Å². The Kier molecular flexibility index (Phi) is 6.32. The maximum Gasteiger partial charge on any atom is 0.234 e. The number of carbonyl (C=O) groups is 1. The number of nitrogens with one attached hydrogen (secondary N) is 2. The molecule has 19 heavy (non-hydrogen) atoms. The van der Waals surface area contributed by atoms with Gasteiger partial charge in [0.1, 0.15) is 5.75 Å². The van der Waals surface area contributed by atoms with Gasteiger partial charge in [0.2, 0.25) is 5.91 Å². The fraction of sp³-hybridized carbons (Fsp3) is 0.500. The van der Waals surface area contributed by atoms with Crippen molar-refractivity contribution in [1.29, 1.82) is 0 Å². The Morgan fingerprint density at radius 1 is 1.42 bits per heavy atom. The minimum Gasteiger partial charge on any atom is -0.497 e. The van der Waals surface area contributed by atoms with Crippen LogP contribution in [0.2, 0.25) is 0 Å². The number of methoxy groups -OCH3 is 1. The Labute approximate surface area is 114 Å². The van der Waals surface area contributed by atoms with Crippen LogP contribution in [0, 0.1) is 0 Å². The summed E-state index contributed by atoms with van der Waals surface area (Å²) in [5.41, 5.74) is 0.760. The molecule has 0 saturated heterocycles. The molecule has 0 spiro atoms. The Morgan fingerprint density at radius 3 is 2.79 bits per heavy atom. The van der Waals surface area contributed by atoms with Crippen molar-refractivity contribution >= 4 is 5.91 Å². The van der Waals surface area contributed by atoms with Crippen LogP contribution < -0.4 is 15.4 Å². The first kappa shape index (κ1) is 15.5. The van der Waals surface area contributed by atoms with Gasteiger partial charge in [-0.1, -0.05) is 12.1 Å². The lowest BCUT2D eigenvalue weighted by molar-refractivity contribution is -0.120. The molecule has 0 aliphatic heterocycles. The Bertz CT molecular complexity index is 407. The molecule has 106 valence electrons. The summed E-state index contributed by atoms with van der Waals surface area (Å²) in [6.07, 6.45) is -0.665. The first-order chi connectivity index (χ1) is 9.02. The summed E-state index contributed by atoms with van der Waals surface area (Å²) in [6, 6.07) is 7.37. The van der Waals surface area contributed by atoms with Crippen molar-refractivity contribution in [3.8, 4) is 5.75 Å². The third-order valence-corrected chi connectivity index (χ3v) is 2.55. The third-order valence-electron chi connectivity index (χ3n) is 2.55. The van der Waals surface area contributed by atoms with E-state index in [2.05, 4.69) is 10.6 Å². The van der Waals surface area contributed by atoms with Crippen LogP contribution in [0.5, 0.6) is 5.75 Å². The highest BCUT2D eigenvalue weighted by Gasteiger charge is 2.09. The fourth-order valence-electron chi connectivity index (χ4n) is 1.66. The van der Waals surface area contributed by atoms with Crippen molar-refractivity contribution in [2.75, 3.05) is 20.2 Å². The van der Waals surface area contributed by atoms with E-state index in [1.165, 1.54) is 0 Å². The highest BCUT2D eigenvalue weighted by atomic mass is 16.5. The van der Waals surface area contributed by atoms with Crippen molar-refractivity contribution in [2.45, 2.75) is 26.0 Å². The number of hydrogen-bond acceptors (Lipinski definition) is 4. The molecular weight excluding hydrogens is 244 g/mol. The second-order valence-corrected chi connectivity index (χ2v) is 4.65. The molecule has 0 bridgehead atoms. The minimum absolute atomic E-state index is 0.0761. The minimum atomic E-state index is -0.665. The van der Waals surface area contributed by atoms with Crippen LogP contribution in [-0.4, -0.2) is 37.3 Å². The average Bonchev–Trinajstić information content (AvgIpc) is 2.37. The summed E-state index contributed by atoms with van der Waals surface area (Å²) in [6.45, 7) is 4.32. The van der Waals surface area contributed by atoms with Crippen LogP contribution in [0.1, 0.15) is 25.5 Å². The van der Waals surface area contributed by atoms with E-state index in [1.54, 1.807) is 13.2 Å². The van der Waals surface area contributed by atoms with Crippen molar-refractivity contribution in [3.63, 3.8) is 0 Å².